The number of rotatable bonds is 3. The van der Waals surface area contributed by atoms with Crippen molar-refractivity contribution in [3.05, 3.63) is 133 Å². The van der Waals surface area contributed by atoms with Crippen LogP contribution < -0.4 is 10.0 Å². The summed E-state index contributed by atoms with van der Waals surface area (Å²) in [5.74, 6) is 0. The van der Waals surface area contributed by atoms with Gasteiger partial charge in [0.1, 0.15) is 0 Å². The van der Waals surface area contributed by atoms with Gasteiger partial charge in [0.2, 0.25) is 0 Å². The SMILES string of the molecule is [Ir+3].[c-]1ccccc1-c1ccccn1.[c-]1ccccc1N1C=CN(c2ccccc2)[N-]1. The van der Waals surface area contributed by atoms with Crippen molar-refractivity contribution >= 4 is 11.4 Å². The number of aromatic nitrogens is 1. The van der Waals surface area contributed by atoms with Gasteiger partial charge in [-0.2, -0.15) is 24.3 Å². The first-order valence-electron chi connectivity index (χ1n) is 9.28. The topological polar surface area (TPSA) is 33.5 Å². The minimum atomic E-state index is 0. The van der Waals surface area contributed by atoms with Crippen LogP contribution in [0.25, 0.3) is 16.8 Å². The molecule has 0 atom stereocenters. The molecule has 1 aromatic heterocycles. The van der Waals surface area contributed by atoms with E-state index >= 15 is 0 Å². The second-order valence-corrected chi connectivity index (χ2v) is 6.15. The molecular formula is C25H19IrN4. The Labute approximate surface area is 190 Å². The van der Waals surface area contributed by atoms with Crippen molar-refractivity contribution in [1.29, 1.82) is 0 Å². The van der Waals surface area contributed by atoms with Crippen LogP contribution in [0.1, 0.15) is 0 Å². The molecule has 148 valence electrons. The summed E-state index contributed by atoms with van der Waals surface area (Å²) in [5, 5.41) is 3.63. The Morgan fingerprint density at radius 2 is 1.37 bits per heavy atom. The van der Waals surface area contributed by atoms with Crippen LogP contribution in [0, 0.1) is 12.1 Å². The fourth-order valence-corrected chi connectivity index (χ4v) is 2.74. The molecule has 0 saturated heterocycles. The first-order chi connectivity index (χ1) is 14.4. The van der Waals surface area contributed by atoms with E-state index in [0.29, 0.717) is 0 Å². The van der Waals surface area contributed by atoms with Gasteiger partial charge in [0.05, 0.1) is 0 Å². The van der Waals surface area contributed by atoms with Crippen molar-refractivity contribution in [2.75, 3.05) is 10.0 Å². The molecule has 0 amide bonds. The standard InChI is InChI=1S/C14H11N3.C11H8N.Ir/c1-3-7-13(8-4-1)16-11-12-17(15-16)14-9-5-2-6-10-14;1-2-6-10(7-3-1)11-8-4-5-9-12-11;/h1-9,11-12H;1-6,8-9H;/q-2;-1;+3. The van der Waals surface area contributed by atoms with Crippen LogP contribution in [-0.2, 0) is 20.1 Å². The summed E-state index contributed by atoms with van der Waals surface area (Å²) in [7, 11) is 0. The van der Waals surface area contributed by atoms with E-state index in [0.717, 1.165) is 22.6 Å². The Balaban J connectivity index is 0.000000175. The van der Waals surface area contributed by atoms with Gasteiger partial charge in [-0.1, -0.05) is 36.0 Å². The predicted molar refractivity (Wildman–Crippen MR) is 118 cm³/mol. The zero-order valence-corrected chi connectivity index (χ0v) is 18.5. The molecule has 0 spiro atoms. The third-order valence-corrected chi connectivity index (χ3v) is 4.15. The fourth-order valence-electron chi connectivity index (χ4n) is 2.74. The third kappa shape index (κ3) is 5.64. The zero-order valence-electron chi connectivity index (χ0n) is 16.1. The van der Waals surface area contributed by atoms with Crippen LogP contribution in [0.5, 0.6) is 0 Å². The summed E-state index contributed by atoms with van der Waals surface area (Å²) in [5.41, 5.74) is 8.44. The van der Waals surface area contributed by atoms with E-state index in [1.807, 2.05) is 114 Å². The van der Waals surface area contributed by atoms with Gasteiger partial charge in [-0.15, -0.1) is 42.0 Å². The van der Waals surface area contributed by atoms with Gasteiger partial charge in [-0.3, -0.25) is 0 Å². The average molecular weight is 568 g/mol. The van der Waals surface area contributed by atoms with Gasteiger partial charge in [0, 0.05) is 24.3 Å². The number of benzene rings is 3. The van der Waals surface area contributed by atoms with E-state index < -0.39 is 0 Å². The maximum atomic E-state index is 4.45. The quantitative estimate of drug-likeness (QED) is 0.284. The number of hydrogen-bond acceptors (Lipinski definition) is 3. The predicted octanol–water partition coefficient (Wildman–Crippen LogP) is 6.03. The molecule has 2 heterocycles. The third-order valence-electron chi connectivity index (χ3n) is 4.15. The van der Waals surface area contributed by atoms with Crippen LogP contribution in [0.4, 0.5) is 11.4 Å². The Bertz CT molecular complexity index is 941. The van der Waals surface area contributed by atoms with Crippen LogP contribution in [0.2, 0.25) is 0 Å². The number of anilines is 2. The van der Waals surface area contributed by atoms with Gasteiger partial charge in [0.15, 0.2) is 0 Å². The van der Waals surface area contributed by atoms with Gasteiger partial charge in [-0.05, 0) is 23.9 Å². The monoisotopic (exact) mass is 568 g/mol. The maximum Gasteiger partial charge on any atom is 3.00 e. The van der Waals surface area contributed by atoms with Crippen LogP contribution in [0.3, 0.4) is 0 Å². The molecule has 30 heavy (non-hydrogen) atoms. The van der Waals surface area contributed by atoms with Crippen LogP contribution in [-0.4, -0.2) is 4.98 Å². The van der Waals surface area contributed by atoms with E-state index in [1.54, 1.807) is 11.2 Å². The van der Waals surface area contributed by atoms with Crippen molar-refractivity contribution in [2.45, 2.75) is 0 Å². The Morgan fingerprint density at radius 1 is 0.667 bits per heavy atom. The minimum Gasteiger partial charge on any atom is -0.467 e. The fraction of sp³-hybridized carbons (Fsp3) is 0. The molecule has 0 saturated carbocycles. The summed E-state index contributed by atoms with van der Waals surface area (Å²) in [4.78, 5) is 4.22. The van der Waals surface area contributed by atoms with Gasteiger partial charge in [-0.25, -0.2) is 0 Å². The summed E-state index contributed by atoms with van der Waals surface area (Å²) < 4.78 is 0. The average Bonchev–Trinajstić information content (AvgIpc) is 3.32. The Morgan fingerprint density at radius 3 is 2.03 bits per heavy atom. The number of hydrogen-bond donors (Lipinski definition) is 0. The van der Waals surface area contributed by atoms with E-state index in [4.69, 9.17) is 0 Å². The maximum absolute atomic E-state index is 4.45. The molecule has 0 aliphatic carbocycles. The number of para-hydroxylation sites is 2. The molecule has 4 nitrogen and oxygen atoms in total. The van der Waals surface area contributed by atoms with E-state index in [-0.39, 0.29) is 20.1 Å². The molecule has 4 aromatic rings. The van der Waals surface area contributed by atoms with Gasteiger partial charge in [0.25, 0.3) is 0 Å². The molecule has 0 unspecified atom stereocenters. The van der Waals surface area contributed by atoms with E-state index in [2.05, 4.69) is 22.7 Å². The Hall–Kier alpha value is -3.24. The second kappa shape index (κ2) is 11.1. The first-order valence-corrected chi connectivity index (χ1v) is 9.28. The van der Waals surface area contributed by atoms with Gasteiger partial charge < -0.3 is 20.5 Å². The molecule has 5 heteroatoms. The van der Waals surface area contributed by atoms with Crippen LogP contribution >= 0.6 is 0 Å². The van der Waals surface area contributed by atoms with E-state index in [9.17, 15) is 0 Å². The number of nitrogens with zero attached hydrogens (tertiary/aromatic N) is 4. The summed E-state index contributed by atoms with van der Waals surface area (Å²) in [6, 6.07) is 37.7. The minimum absolute atomic E-state index is 0. The summed E-state index contributed by atoms with van der Waals surface area (Å²) in [6.07, 6.45) is 5.63. The van der Waals surface area contributed by atoms with Crippen molar-refractivity contribution < 1.29 is 20.1 Å². The Kier molecular flexibility index (Phi) is 7.93. The normalized spacial score (nSPS) is 12.0. The zero-order chi connectivity index (χ0) is 19.7. The summed E-state index contributed by atoms with van der Waals surface area (Å²) in [6.45, 7) is 0. The molecule has 0 radical (unpaired) electrons. The van der Waals surface area contributed by atoms with Crippen molar-refractivity contribution in [1.82, 2.24) is 4.98 Å². The van der Waals surface area contributed by atoms with Gasteiger partial charge >= 0.3 is 20.1 Å². The molecule has 1 aliphatic heterocycles. The van der Waals surface area contributed by atoms with Crippen LogP contribution in [0.15, 0.2) is 116 Å². The molecule has 0 N–H and O–H groups in total. The molecule has 5 rings (SSSR count). The van der Waals surface area contributed by atoms with E-state index in [1.165, 1.54) is 0 Å². The smallest absolute Gasteiger partial charge is 0.467 e. The molecule has 0 fully saturated rings. The largest absolute Gasteiger partial charge is 3.00 e. The molecule has 1 aliphatic rings. The number of pyridine rings is 1. The second-order valence-electron chi connectivity index (χ2n) is 6.15. The molecule has 3 aromatic carbocycles. The molecular weight excluding hydrogens is 549 g/mol. The van der Waals surface area contributed by atoms with Crippen molar-refractivity contribution in [3.63, 3.8) is 0 Å². The van der Waals surface area contributed by atoms with Crippen molar-refractivity contribution in [2.24, 2.45) is 0 Å². The molecule has 0 bridgehead atoms. The first kappa shape index (κ1) is 21.5. The summed E-state index contributed by atoms with van der Waals surface area (Å²) >= 11 is 0. The van der Waals surface area contributed by atoms with Crippen molar-refractivity contribution in [3.8, 4) is 11.3 Å².